The highest BCUT2D eigenvalue weighted by atomic mass is 19.1. The third-order valence-corrected chi connectivity index (χ3v) is 3.83. The number of amides is 2. The lowest BCUT2D eigenvalue weighted by molar-refractivity contribution is 0.219. The maximum Gasteiger partial charge on any atom is 0.342 e. The summed E-state index contributed by atoms with van der Waals surface area (Å²) in [5.74, 6) is 0.824. The Hall–Kier alpha value is -3.09. The molecule has 1 aliphatic rings. The van der Waals surface area contributed by atoms with E-state index in [9.17, 15) is 9.18 Å². The Kier molecular flexibility index (Phi) is 4.83. The van der Waals surface area contributed by atoms with Crippen LogP contribution in [-0.2, 0) is 0 Å². The number of carbonyl (C=O) groups is 1. The van der Waals surface area contributed by atoms with Gasteiger partial charge >= 0.3 is 6.03 Å². The summed E-state index contributed by atoms with van der Waals surface area (Å²) in [6.07, 6.45) is 0.617. The number of benzene rings is 2. The number of anilines is 1. The molecule has 1 heterocycles. The van der Waals surface area contributed by atoms with Gasteiger partial charge < -0.3 is 14.8 Å². The minimum absolute atomic E-state index is 0.389. The highest BCUT2D eigenvalue weighted by molar-refractivity contribution is 6.03. The first-order valence-corrected chi connectivity index (χ1v) is 7.74. The van der Waals surface area contributed by atoms with Crippen molar-refractivity contribution in [1.82, 2.24) is 5.01 Å². The van der Waals surface area contributed by atoms with Gasteiger partial charge in [-0.1, -0.05) is 6.07 Å². The Bertz CT molecular complexity index is 823. The van der Waals surface area contributed by atoms with Gasteiger partial charge in [-0.3, -0.25) is 0 Å². The van der Waals surface area contributed by atoms with Crippen LogP contribution in [0, 0.1) is 5.82 Å². The van der Waals surface area contributed by atoms with Crippen molar-refractivity contribution < 1.29 is 18.7 Å². The fourth-order valence-electron chi connectivity index (χ4n) is 2.58. The molecule has 0 saturated carbocycles. The standard InChI is InChI=1S/C18H18FN3O3/c1-24-16-7-6-12(10-17(16)25-2)15-8-9-22(21-15)18(23)20-14-5-3-4-13(19)11-14/h3-7,10-11H,8-9H2,1-2H3,(H,20,23). The van der Waals surface area contributed by atoms with Gasteiger partial charge in [0.1, 0.15) is 5.82 Å². The van der Waals surface area contributed by atoms with Crippen molar-refractivity contribution in [3.8, 4) is 11.5 Å². The van der Waals surface area contributed by atoms with E-state index in [4.69, 9.17) is 9.47 Å². The number of carbonyl (C=O) groups excluding carboxylic acids is 1. The summed E-state index contributed by atoms with van der Waals surface area (Å²) >= 11 is 0. The SMILES string of the molecule is COc1ccc(C2=NN(C(=O)Nc3cccc(F)c3)CC2)cc1OC. The lowest BCUT2D eigenvalue weighted by Crippen LogP contribution is -2.28. The summed E-state index contributed by atoms with van der Waals surface area (Å²) in [6, 6.07) is 10.8. The van der Waals surface area contributed by atoms with E-state index in [2.05, 4.69) is 10.4 Å². The molecule has 0 spiro atoms. The molecule has 0 saturated heterocycles. The van der Waals surface area contributed by atoms with E-state index >= 15 is 0 Å². The van der Waals surface area contributed by atoms with Crippen molar-refractivity contribution in [2.45, 2.75) is 6.42 Å². The number of hydrogen-bond donors (Lipinski definition) is 1. The van der Waals surface area contributed by atoms with E-state index in [0.717, 1.165) is 11.3 Å². The second-order valence-electron chi connectivity index (χ2n) is 5.43. The van der Waals surface area contributed by atoms with E-state index in [0.29, 0.717) is 30.2 Å². The van der Waals surface area contributed by atoms with Crippen LogP contribution in [0.15, 0.2) is 47.6 Å². The Labute approximate surface area is 144 Å². The predicted octanol–water partition coefficient (Wildman–Crippen LogP) is 3.48. The van der Waals surface area contributed by atoms with Crippen LogP contribution < -0.4 is 14.8 Å². The highest BCUT2D eigenvalue weighted by Crippen LogP contribution is 2.29. The summed E-state index contributed by atoms with van der Waals surface area (Å²) in [6.45, 7) is 0.449. The number of halogens is 1. The third-order valence-electron chi connectivity index (χ3n) is 3.83. The zero-order valence-corrected chi connectivity index (χ0v) is 14.0. The third kappa shape index (κ3) is 3.71. The molecule has 130 valence electrons. The Balaban J connectivity index is 1.74. The van der Waals surface area contributed by atoms with Crippen LogP contribution in [-0.4, -0.2) is 37.5 Å². The maximum atomic E-state index is 13.2. The Morgan fingerprint density at radius 1 is 1.16 bits per heavy atom. The zero-order valence-electron chi connectivity index (χ0n) is 14.0. The lowest BCUT2D eigenvalue weighted by atomic mass is 10.1. The summed E-state index contributed by atoms with van der Waals surface area (Å²) in [7, 11) is 3.14. The molecular formula is C18H18FN3O3. The van der Waals surface area contributed by atoms with Crippen LogP contribution in [0.2, 0.25) is 0 Å². The number of rotatable bonds is 4. The molecule has 0 bridgehead atoms. The molecule has 0 unspecified atom stereocenters. The van der Waals surface area contributed by atoms with Gasteiger partial charge in [-0.25, -0.2) is 14.2 Å². The van der Waals surface area contributed by atoms with Gasteiger partial charge in [0.2, 0.25) is 0 Å². The largest absolute Gasteiger partial charge is 0.493 e. The predicted molar refractivity (Wildman–Crippen MR) is 92.8 cm³/mol. The van der Waals surface area contributed by atoms with Crippen molar-refractivity contribution in [3.05, 3.63) is 53.8 Å². The number of nitrogens with one attached hydrogen (secondary N) is 1. The highest BCUT2D eigenvalue weighted by Gasteiger charge is 2.22. The van der Waals surface area contributed by atoms with Crippen LogP contribution in [0.3, 0.4) is 0 Å². The second-order valence-corrected chi connectivity index (χ2v) is 5.43. The first-order chi connectivity index (χ1) is 12.1. The topological polar surface area (TPSA) is 63.2 Å². The molecule has 1 aliphatic heterocycles. The molecule has 0 aliphatic carbocycles. The van der Waals surface area contributed by atoms with Gasteiger partial charge in [-0.15, -0.1) is 0 Å². The lowest BCUT2D eigenvalue weighted by Gasteiger charge is -2.12. The number of hydrazone groups is 1. The minimum atomic E-state index is -0.409. The van der Waals surface area contributed by atoms with Crippen molar-refractivity contribution in [1.29, 1.82) is 0 Å². The fraction of sp³-hybridized carbons (Fsp3) is 0.222. The quantitative estimate of drug-likeness (QED) is 0.924. The van der Waals surface area contributed by atoms with Gasteiger partial charge in [0, 0.05) is 17.7 Å². The van der Waals surface area contributed by atoms with Crippen molar-refractivity contribution >= 4 is 17.4 Å². The number of methoxy groups -OCH3 is 2. The average Bonchev–Trinajstić information content (AvgIpc) is 3.11. The van der Waals surface area contributed by atoms with E-state index in [1.54, 1.807) is 26.4 Å². The Morgan fingerprint density at radius 2 is 1.96 bits per heavy atom. The van der Waals surface area contributed by atoms with Gasteiger partial charge in [0.25, 0.3) is 0 Å². The van der Waals surface area contributed by atoms with Crippen molar-refractivity contribution in [3.63, 3.8) is 0 Å². The van der Waals surface area contributed by atoms with Gasteiger partial charge in [0.05, 0.1) is 26.5 Å². The van der Waals surface area contributed by atoms with E-state index in [-0.39, 0.29) is 0 Å². The smallest absolute Gasteiger partial charge is 0.342 e. The van der Waals surface area contributed by atoms with Gasteiger partial charge in [-0.05, 0) is 36.4 Å². The van der Waals surface area contributed by atoms with Crippen LogP contribution in [0.1, 0.15) is 12.0 Å². The minimum Gasteiger partial charge on any atom is -0.493 e. The summed E-state index contributed by atoms with van der Waals surface area (Å²) in [5.41, 5.74) is 2.02. The molecule has 3 rings (SSSR count). The summed E-state index contributed by atoms with van der Waals surface area (Å²) < 4.78 is 23.7. The monoisotopic (exact) mass is 343 g/mol. The molecule has 1 N–H and O–H groups in total. The van der Waals surface area contributed by atoms with Crippen LogP contribution in [0.4, 0.5) is 14.9 Å². The van der Waals surface area contributed by atoms with Crippen LogP contribution in [0.5, 0.6) is 11.5 Å². The molecule has 2 aromatic carbocycles. The van der Waals surface area contributed by atoms with Crippen LogP contribution >= 0.6 is 0 Å². The number of ether oxygens (including phenoxy) is 2. The molecule has 2 aromatic rings. The molecular weight excluding hydrogens is 325 g/mol. The van der Waals surface area contributed by atoms with E-state index in [1.165, 1.54) is 23.2 Å². The fourth-order valence-corrected chi connectivity index (χ4v) is 2.58. The number of nitrogens with zero attached hydrogens (tertiary/aromatic N) is 2. The number of hydrogen-bond acceptors (Lipinski definition) is 4. The summed E-state index contributed by atoms with van der Waals surface area (Å²) in [5, 5.41) is 8.32. The normalized spacial score (nSPS) is 13.4. The van der Waals surface area contributed by atoms with Gasteiger partial charge in [0.15, 0.2) is 11.5 Å². The molecule has 0 fully saturated rings. The first-order valence-electron chi connectivity index (χ1n) is 7.74. The Morgan fingerprint density at radius 3 is 2.68 bits per heavy atom. The molecule has 6 nitrogen and oxygen atoms in total. The molecule has 0 atom stereocenters. The zero-order chi connectivity index (χ0) is 17.8. The first kappa shape index (κ1) is 16.8. The van der Waals surface area contributed by atoms with E-state index in [1.807, 2.05) is 12.1 Å². The number of urea groups is 1. The molecule has 25 heavy (non-hydrogen) atoms. The average molecular weight is 343 g/mol. The van der Waals surface area contributed by atoms with E-state index < -0.39 is 11.8 Å². The second kappa shape index (κ2) is 7.21. The molecule has 0 radical (unpaired) electrons. The van der Waals surface area contributed by atoms with Crippen molar-refractivity contribution in [2.24, 2.45) is 5.10 Å². The van der Waals surface area contributed by atoms with Crippen molar-refractivity contribution in [2.75, 3.05) is 26.1 Å². The maximum absolute atomic E-state index is 13.2. The summed E-state index contributed by atoms with van der Waals surface area (Å²) in [4.78, 5) is 12.3. The molecule has 2 amide bonds. The van der Waals surface area contributed by atoms with Gasteiger partial charge in [-0.2, -0.15) is 5.10 Å². The van der Waals surface area contributed by atoms with Crippen LogP contribution in [0.25, 0.3) is 0 Å². The molecule has 7 heteroatoms. The molecule has 0 aromatic heterocycles.